The molecule has 0 aliphatic carbocycles. The first-order valence-electron chi connectivity index (χ1n) is 6.46. The molecule has 2 N–H and O–H groups in total. The maximum absolute atomic E-state index is 8.81. The van der Waals surface area contributed by atoms with Crippen molar-refractivity contribution in [3.8, 4) is 6.07 Å². The summed E-state index contributed by atoms with van der Waals surface area (Å²) in [6, 6.07) is 1.94. The molecular weight excluding hydrogens is 286 g/mol. The van der Waals surface area contributed by atoms with Gasteiger partial charge in [0.05, 0.1) is 17.6 Å². The molecule has 0 fully saturated rings. The fourth-order valence-corrected chi connectivity index (χ4v) is 2.34. The summed E-state index contributed by atoms with van der Waals surface area (Å²) in [6.45, 7) is 8.17. The number of oxazole rings is 1. The van der Waals surface area contributed by atoms with Crippen LogP contribution < -0.4 is 5.73 Å². The van der Waals surface area contributed by atoms with E-state index < -0.39 is 0 Å². The predicted octanol–water partition coefficient (Wildman–Crippen LogP) is 3.07. The number of thioether (sulfide) groups is 1. The van der Waals surface area contributed by atoms with E-state index in [1.165, 1.54) is 18.0 Å². The number of anilines is 1. The van der Waals surface area contributed by atoms with Crippen LogP contribution in [0.3, 0.4) is 0 Å². The summed E-state index contributed by atoms with van der Waals surface area (Å²) in [4.78, 5) is 12.5. The van der Waals surface area contributed by atoms with Gasteiger partial charge in [-0.2, -0.15) is 5.26 Å². The minimum absolute atomic E-state index is 0.0477. The summed E-state index contributed by atoms with van der Waals surface area (Å²) in [6.07, 6.45) is 3.17. The summed E-state index contributed by atoms with van der Waals surface area (Å²) < 4.78 is 5.79. The fourth-order valence-electron chi connectivity index (χ4n) is 1.55. The second-order valence-corrected chi connectivity index (χ2v) is 6.94. The highest BCUT2D eigenvalue weighted by Gasteiger charge is 2.22. The van der Waals surface area contributed by atoms with Crippen molar-refractivity contribution in [1.82, 2.24) is 15.0 Å². The number of rotatable bonds is 3. The van der Waals surface area contributed by atoms with Gasteiger partial charge in [-0.05, 0) is 6.92 Å². The molecule has 0 spiro atoms. The maximum Gasteiger partial charge on any atom is 0.207 e. The van der Waals surface area contributed by atoms with Crippen LogP contribution in [0.1, 0.15) is 50.2 Å². The summed E-state index contributed by atoms with van der Waals surface area (Å²) in [5, 5.41) is 9.25. The maximum atomic E-state index is 8.81. The normalized spacial score (nSPS) is 12.9. The lowest BCUT2D eigenvalue weighted by Crippen LogP contribution is -2.09. The van der Waals surface area contributed by atoms with Gasteiger partial charge < -0.3 is 10.2 Å². The predicted molar refractivity (Wildman–Crippen MR) is 80.6 cm³/mol. The zero-order valence-corrected chi connectivity index (χ0v) is 13.2. The van der Waals surface area contributed by atoms with Crippen LogP contribution in [0.5, 0.6) is 0 Å². The average Bonchev–Trinajstić information content (AvgIpc) is 2.88. The molecule has 2 aromatic rings. The molecule has 0 radical (unpaired) electrons. The van der Waals surface area contributed by atoms with Crippen LogP contribution in [0.15, 0.2) is 22.0 Å². The molecule has 2 aromatic heterocycles. The number of aromatic nitrogens is 3. The van der Waals surface area contributed by atoms with Crippen molar-refractivity contribution in [3.63, 3.8) is 0 Å². The van der Waals surface area contributed by atoms with E-state index in [1.807, 2.05) is 13.0 Å². The molecular formula is C14H17N5OS. The highest BCUT2D eigenvalue weighted by Crippen LogP contribution is 2.34. The first-order valence-corrected chi connectivity index (χ1v) is 7.34. The van der Waals surface area contributed by atoms with Crippen LogP contribution in [0, 0.1) is 11.3 Å². The molecule has 0 unspecified atom stereocenters. The first kappa shape index (κ1) is 15.3. The third-order valence-corrected chi connectivity index (χ3v) is 3.77. The van der Waals surface area contributed by atoms with Crippen molar-refractivity contribution in [2.75, 3.05) is 5.73 Å². The highest BCUT2D eigenvalue weighted by molar-refractivity contribution is 7.99. The lowest BCUT2D eigenvalue weighted by molar-refractivity contribution is 0.383. The van der Waals surface area contributed by atoms with Gasteiger partial charge in [0.1, 0.15) is 23.2 Å². The van der Waals surface area contributed by atoms with Crippen LogP contribution in [-0.2, 0) is 5.41 Å². The van der Waals surface area contributed by atoms with Crippen LogP contribution >= 0.6 is 11.8 Å². The van der Waals surface area contributed by atoms with Crippen molar-refractivity contribution < 1.29 is 4.42 Å². The lowest BCUT2D eigenvalue weighted by Gasteiger charge is -2.13. The Morgan fingerprint density at radius 1 is 1.33 bits per heavy atom. The smallest absolute Gasteiger partial charge is 0.207 e. The van der Waals surface area contributed by atoms with Crippen molar-refractivity contribution in [2.45, 2.75) is 43.5 Å². The SMILES string of the molecule is C[C@H](Sc1ncc(C#N)c(N)n1)c1ncc(C(C)(C)C)o1. The number of hydrogen-bond donors (Lipinski definition) is 1. The minimum atomic E-state index is -0.0784. The summed E-state index contributed by atoms with van der Waals surface area (Å²) in [7, 11) is 0. The lowest BCUT2D eigenvalue weighted by atomic mass is 9.94. The number of nitrogen functional groups attached to an aromatic ring is 1. The quantitative estimate of drug-likeness (QED) is 0.686. The Morgan fingerprint density at radius 2 is 2.05 bits per heavy atom. The third kappa shape index (κ3) is 3.52. The van der Waals surface area contributed by atoms with Crippen LogP contribution in [0.25, 0.3) is 0 Å². The van der Waals surface area contributed by atoms with Crippen LogP contribution in [-0.4, -0.2) is 15.0 Å². The fraction of sp³-hybridized carbons (Fsp3) is 0.429. The monoisotopic (exact) mass is 303 g/mol. The zero-order valence-electron chi connectivity index (χ0n) is 12.4. The van der Waals surface area contributed by atoms with Crippen molar-refractivity contribution in [3.05, 3.63) is 29.6 Å². The molecule has 110 valence electrons. The van der Waals surface area contributed by atoms with E-state index in [0.29, 0.717) is 11.0 Å². The van der Waals surface area contributed by atoms with Gasteiger partial charge in [0.25, 0.3) is 0 Å². The second kappa shape index (κ2) is 5.74. The molecule has 0 saturated carbocycles. The van der Waals surface area contributed by atoms with Crippen molar-refractivity contribution in [1.29, 1.82) is 5.26 Å². The van der Waals surface area contributed by atoms with Gasteiger partial charge in [-0.25, -0.2) is 15.0 Å². The summed E-state index contributed by atoms with van der Waals surface area (Å²) in [5.41, 5.74) is 5.88. The number of nitrogens with two attached hydrogens (primary N) is 1. The number of nitriles is 1. The molecule has 2 heterocycles. The third-order valence-electron chi connectivity index (χ3n) is 2.81. The number of nitrogens with zero attached hydrogens (tertiary/aromatic N) is 4. The van der Waals surface area contributed by atoms with E-state index in [0.717, 1.165) is 5.76 Å². The molecule has 0 bridgehead atoms. The molecule has 0 aliphatic heterocycles. The molecule has 0 amide bonds. The largest absolute Gasteiger partial charge is 0.444 e. The molecule has 7 heteroatoms. The molecule has 6 nitrogen and oxygen atoms in total. The van der Waals surface area contributed by atoms with E-state index in [2.05, 4.69) is 35.7 Å². The van der Waals surface area contributed by atoms with Crippen molar-refractivity contribution in [2.24, 2.45) is 0 Å². The van der Waals surface area contributed by atoms with E-state index in [9.17, 15) is 0 Å². The standard InChI is InChI=1S/C14H17N5OS/c1-8(12-17-7-10(20-12)14(2,3)4)21-13-18-6-9(5-15)11(16)19-13/h6-8H,1-4H3,(H2,16,18,19)/t8-/m0/s1. The van der Waals surface area contributed by atoms with E-state index in [4.69, 9.17) is 15.4 Å². The van der Waals surface area contributed by atoms with Gasteiger partial charge in [-0.1, -0.05) is 32.5 Å². The Kier molecular flexibility index (Phi) is 4.19. The van der Waals surface area contributed by atoms with Crippen LogP contribution in [0.4, 0.5) is 5.82 Å². The Hall–Kier alpha value is -2.07. The molecule has 0 saturated heterocycles. The van der Waals surface area contributed by atoms with Gasteiger partial charge in [0.15, 0.2) is 5.16 Å². The van der Waals surface area contributed by atoms with Crippen molar-refractivity contribution >= 4 is 17.6 Å². The molecule has 1 atom stereocenters. The van der Waals surface area contributed by atoms with Gasteiger partial charge >= 0.3 is 0 Å². The topological polar surface area (TPSA) is 102 Å². The first-order chi connectivity index (χ1) is 9.81. The van der Waals surface area contributed by atoms with E-state index in [-0.39, 0.29) is 22.0 Å². The minimum Gasteiger partial charge on any atom is -0.444 e. The van der Waals surface area contributed by atoms with Gasteiger partial charge in [-0.15, -0.1) is 0 Å². The molecule has 0 aromatic carbocycles. The molecule has 21 heavy (non-hydrogen) atoms. The van der Waals surface area contributed by atoms with E-state index >= 15 is 0 Å². The average molecular weight is 303 g/mol. The number of hydrogen-bond acceptors (Lipinski definition) is 7. The second-order valence-electron chi connectivity index (χ2n) is 5.64. The van der Waals surface area contributed by atoms with Gasteiger partial charge in [-0.3, -0.25) is 0 Å². The summed E-state index contributed by atoms with van der Waals surface area (Å²) >= 11 is 1.39. The van der Waals surface area contributed by atoms with Gasteiger partial charge in [0.2, 0.25) is 5.89 Å². The van der Waals surface area contributed by atoms with Gasteiger partial charge in [0, 0.05) is 5.41 Å². The van der Waals surface area contributed by atoms with Crippen LogP contribution in [0.2, 0.25) is 0 Å². The molecule has 0 aliphatic rings. The Morgan fingerprint density at radius 3 is 2.57 bits per heavy atom. The Bertz CT molecular complexity index is 683. The zero-order chi connectivity index (χ0) is 15.6. The Labute approximate surface area is 127 Å². The highest BCUT2D eigenvalue weighted by atomic mass is 32.2. The molecule has 2 rings (SSSR count). The Balaban J connectivity index is 2.15. The summed E-state index contributed by atoms with van der Waals surface area (Å²) in [5.74, 6) is 1.65. The van der Waals surface area contributed by atoms with E-state index in [1.54, 1.807) is 6.20 Å².